The number of nitriles is 1. The molecule has 0 spiro atoms. The number of carbonyl (C=O) groups is 1. The lowest BCUT2D eigenvalue weighted by molar-refractivity contribution is -0.132. The summed E-state index contributed by atoms with van der Waals surface area (Å²) in [5.74, 6) is 0.0963. The molecule has 19 heavy (non-hydrogen) atoms. The van der Waals surface area contributed by atoms with Crippen molar-refractivity contribution in [1.82, 2.24) is 4.90 Å². The first-order chi connectivity index (χ1) is 8.95. The predicted octanol–water partition coefficient (Wildman–Crippen LogP) is 3.00. The van der Waals surface area contributed by atoms with Crippen LogP contribution in [0.15, 0.2) is 18.2 Å². The Hall–Kier alpha value is -1.82. The number of hydrogen-bond donors (Lipinski definition) is 0. The molecule has 3 nitrogen and oxygen atoms in total. The van der Waals surface area contributed by atoms with Crippen molar-refractivity contribution < 1.29 is 4.79 Å². The Morgan fingerprint density at radius 2 is 2.05 bits per heavy atom. The lowest BCUT2D eigenvalue weighted by Crippen LogP contribution is -2.38. The van der Waals surface area contributed by atoms with Gasteiger partial charge in [0.05, 0.1) is 18.9 Å². The third-order valence-electron chi connectivity index (χ3n) is 3.25. The van der Waals surface area contributed by atoms with Gasteiger partial charge in [-0.05, 0) is 38.8 Å². The molecule has 1 amide bonds. The fourth-order valence-electron chi connectivity index (χ4n) is 2.10. The second kappa shape index (κ2) is 6.94. The van der Waals surface area contributed by atoms with Gasteiger partial charge in [0.25, 0.3) is 0 Å². The van der Waals surface area contributed by atoms with Gasteiger partial charge in [-0.1, -0.05) is 23.8 Å². The number of rotatable bonds is 5. The van der Waals surface area contributed by atoms with Crippen molar-refractivity contribution in [2.75, 3.05) is 6.54 Å². The Labute approximate surface area is 115 Å². The fourth-order valence-corrected chi connectivity index (χ4v) is 2.10. The third-order valence-corrected chi connectivity index (χ3v) is 3.25. The van der Waals surface area contributed by atoms with Gasteiger partial charge in [0.15, 0.2) is 0 Å². The molecule has 0 saturated carbocycles. The minimum absolute atomic E-state index is 0.0963. The standard InChI is InChI=1S/C16H22N2O/c1-12(2)18(9-5-8-17)16(19)11-15-10-13(3)6-7-14(15)4/h6-7,10,12H,5,9,11H2,1-4H3. The van der Waals surface area contributed by atoms with Crippen molar-refractivity contribution in [3.05, 3.63) is 34.9 Å². The van der Waals surface area contributed by atoms with E-state index in [9.17, 15) is 4.79 Å². The van der Waals surface area contributed by atoms with E-state index in [1.165, 1.54) is 5.56 Å². The van der Waals surface area contributed by atoms with Gasteiger partial charge >= 0.3 is 0 Å². The average molecular weight is 258 g/mol. The number of aryl methyl sites for hydroxylation is 2. The van der Waals surface area contributed by atoms with Crippen LogP contribution in [0.5, 0.6) is 0 Å². The highest BCUT2D eigenvalue weighted by Gasteiger charge is 2.17. The van der Waals surface area contributed by atoms with Crippen LogP contribution in [0, 0.1) is 25.2 Å². The number of amides is 1. The molecular formula is C16H22N2O. The highest BCUT2D eigenvalue weighted by Crippen LogP contribution is 2.13. The normalized spacial score (nSPS) is 10.3. The summed E-state index contributed by atoms with van der Waals surface area (Å²) < 4.78 is 0. The molecule has 1 rings (SSSR count). The van der Waals surface area contributed by atoms with Gasteiger partial charge in [-0.2, -0.15) is 5.26 Å². The molecule has 0 aliphatic rings. The molecular weight excluding hydrogens is 236 g/mol. The van der Waals surface area contributed by atoms with Gasteiger partial charge in [0.2, 0.25) is 5.91 Å². The van der Waals surface area contributed by atoms with E-state index in [-0.39, 0.29) is 11.9 Å². The zero-order valence-electron chi connectivity index (χ0n) is 12.2. The van der Waals surface area contributed by atoms with E-state index in [0.29, 0.717) is 19.4 Å². The van der Waals surface area contributed by atoms with E-state index in [0.717, 1.165) is 11.1 Å². The molecule has 1 aromatic carbocycles. The highest BCUT2D eigenvalue weighted by molar-refractivity contribution is 5.79. The summed E-state index contributed by atoms with van der Waals surface area (Å²) in [6.07, 6.45) is 0.799. The van der Waals surface area contributed by atoms with Gasteiger partial charge < -0.3 is 4.90 Å². The highest BCUT2D eigenvalue weighted by atomic mass is 16.2. The summed E-state index contributed by atoms with van der Waals surface area (Å²) in [4.78, 5) is 14.1. The SMILES string of the molecule is Cc1ccc(C)c(CC(=O)N(CCC#N)C(C)C)c1. The van der Waals surface area contributed by atoms with Gasteiger partial charge in [0.1, 0.15) is 0 Å². The first-order valence-electron chi connectivity index (χ1n) is 6.68. The molecule has 0 unspecified atom stereocenters. The molecule has 102 valence electrons. The van der Waals surface area contributed by atoms with Crippen molar-refractivity contribution in [2.24, 2.45) is 0 Å². The summed E-state index contributed by atoms with van der Waals surface area (Å²) in [5.41, 5.74) is 3.39. The van der Waals surface area contributed by atoms with Crippen LogP contribution in [-0.4, -0.2) is 23.4 Å². The Morgan fingerprint density at radius 1 is 1.37 bits per heavy atom. The number of nitrogens with zero attached hydrogens (tertiary/aromatic N) is 2. The smallest absolute Gasteiger partial charge is 0.227 e. The largest absolute Gasteiger partial charge is 0.339 e. The Bertz CT molecular complexity index is 486. The Balaban J connectivity index is 2.81. The summed E-state index contributed by atoms with van der Waals surface area (Å²) in [6.45, 7) is 8.54. The average Bonchev–Trinajstić information content (AvgIpc) is 2.34. The predicted molar refractivity (Wildman–Crippen MR) is 76.7 cm³/mol. The molecule has 0 aliphatic carbocycles. The van der Waals surface area contributed by atoms with Crippen molar-refractivity contribution >= 4 is 5.91 Å². The molecule has 0 bridgehead atoms. The van der Waals surface area contributed by atoms with Crippen LogP contribution in [0.3, 0.4) is 0 Å². The van der Waals surface area contributed by atoms with E-state index in [1.54, 1.807) is 4.90 Å². The summed E-state index contributed by atoms with van der Waals surface area (Å²) >= 11 is 0. The maximum atomic E-state index is 12.3. The van der Waals surface area contributed by atoms with Crippen LogP contribution >= 0.6 is 0 Å². The van der Waals surface area contributed by atoms with Crippen LogP contribution in [0.2, 0.25) is 0 Å². The maximum Gasteiger partial charge on any atom is 0.227 e. The minimum atomic E-state index is 0.0963. The van der Waals surface area contributed by atoms with Crippen molar-refractivity contribution in [1.29, 1.82) is 5.26 Å². The van der Waals surface area contributed by atoms with Crippen LogP contribution in [0.4, 0.5) is 0 Å². The third kappa shape index (κ3) is 4.40. The molecule has 0 heterocycles. The molecule has 0 saturated heterocycles. The molecule has 1 aromatic rings. The van der Waals surface area contributed by atoms with Gasteiger partial charge in [-0.25, -0.2) is 0 Å². The van der Waals surface area contributed by atoms with E-state index < -0.39 is 0 Å². The molecule has 0 N–H and O–H groups in total. The van der Waals surface area contributed by atoms with E-state index >= 15 is 0 Å². The van der Waals surface area contributed by atoms with Crippen molar-refractivity contribution in [3.63, 3.8) is 0 Å². The molecule has 0 atom stereocenters. The van der Waals surface area contributed by atoms with Crippen LogP contribution in [-0.2, 0) is 11.2 Å². The first kappa shape index (κ1) is 15.2. The van der Waals surface area contributed by atoms with E-state index in [4.69, 9.17) is 5.26 Å². The second-order valence-electron chi connectivity index (χ2n) is 5.20. The summed E-state index contributed by atoms with van der Waals surface area (Å²) in [6, 6.07) is 8.40. The lowest BCUT2D eigenvalue weighted by Gasteiger charge is -2.26. The second-order valence-corrected chi connectivity index (χ2v) is 5.20. The summed E-state index contributed by atoms with van der Waals surface area (Å²) in [7, 11) is 0. The molecule has 0 aliphatic heterocycles. The molecule has 3 heteroatoms. The van der Waals surface area contributed by atoms with Crippen molar-refractivity contribution in [3.8, 4) is 6.07 Å². The van der Waals surface area contributed by atoms with Gasteiger partial charge in [-0.15, -0.1) is 0 Å². The lowest BCUT2D eigenvalue weighted by atomic mass is 10.0. The Morgan fingerprint density at radius 3 is 2.63 bits per heavy atom. The number of carbonyl (C=O) groups excluding carboxylic acids is 1. The Kier molecular flexibility index (Phi) is 5.57. The van der Waals surface area contributed by atoms with E-state index in [2.05, 4.69) is 18.2 Å². The fraction of sp³-hybridized carbons (Fsp3) is 0.500. The number of hydrogen-bond acceptors (Lipinski definition) is 2. The monoisotopic (exact) mass is 258 g/mol. The van der Waals surface area contributed by atoms with Crippen LogP contribution in [0.1, 0.15) is 37.0 Å². The van der Waals surface area contributed by atoms with Gasteiger partial charge in [0, 0.05) is 12.6 Å². The molecule has 0 radical (unpaired) electrons. The van der Waals surface area contributed by atoms with Crippen LogP contribution in [0.25, 0.3) is 0 Å². The van der Waals surface area contributed by atoms with Gasteiger partial charge in [-0.3, -0.25) is 4.79 Å². The minimum Gasteiger partial charge on any atom is -0.339 e. The summed E-state index contributed by atoms with van der Waals surface area (Å²) in [5, 5.41) is 8.66. The van der Waals surface area contributed by atoms with Crippen LogP contribution < -0.4 is 0 Å². The molecule has 0 aromatic heterocycles. The maximum absolute atomic E-state index is 12.3. The quantitative estimate of drug-likeness (QED) is 0.815. The van der Waals surface area contributed by atoms with E-state index in [1.807, 2.05) is 33.8 Å². The number of benzene rings is 1. The topological polar surface area (TPSA) is 44.1 Å². The molecule has 0 fully saturated rings. The first-order valence-corrected chi connectivity index (χ1v) is 6.68. The zero-order valence-corrected chi connectivity index (χ0v) is 12.2. The zero-order chi connectivity index (χ0) is 14.4. The van der Waals surface area contributed by atoms with Crippen molar-refractivity contribution in [2.45, 2.75) is 46.6 Å².